The van der Waals surface area contributed by atoms with E-state index in [9.17, 15) is 29.5 Å². The second-order valence-electron chi connectivity index (χ2n) is 8.92. The van der Waals surface area contributed by atoms with E-state index >= 15 is 0 Å². The lowest BCUT2D eigenvalue weighted by Gasteiger charge is -2.34. The van der Waals surface area contributed by atoms with E-state index < -0.39 is 29.8 Å². The van der Waals surface area contributed by atoms with Crippen LogP contribution in [-0.2, 0) is 22.7 Å². The monoisotopic (exact) mass is 482 g/mol. The molecule has 2 aliphatic heterocycles. The van der Waals surface area contributed by atoms with Gasteiger partial charge in [0.1, 0.15) is 17.7 Å². The minimum Gasteiger partial charge on any atom is -0.380 e. The standard InChI is InChI=1S/C24H27FN6O4/c1-14-27-11-17-12-31(13-19(17)29-14)24(35)22(33)21(32)23(34)28-10-15-4-6-30(7-5-15)20-3-2-18(25)8-16(20)9-26/h2-3,8,11,15,21-22,32-33H,4-7,10,12-13H2,1H3,(H,28,34)/t21-,22-/m1/s1. The van der Waals surface area contributed by atoms with Gasteiger partial charge in [-0.1, -0.05) is 0 Å². The first-order chi connectivity index (χ1) is 16.8. The largest absolute Gasteiger partial charge is 0.380 e. The number of aryl methyl sites for hydroxylation is 1. The zero-order valence-electron chi connectivity index (χ0n) is 19.3. The highest BCUT2D eigenvalue weighted by atomic mass is 19.1. The average Bonchev–Trinajstić information content (AvgIpc) is 3.29. The number of nitrogens with one attached hydrogen (secondary N) is 1. The Balaban J connectivity index is 1.24. The third kappa shape index (κ3) is 5.39. The second kappa shape index (κ2) is 10.3. The highest BCUT2D eigenvalue weighted by Gasteiger charge is 2.36. The lowest BCUT2D eigenvalue weighted by molar-refractivity contribution is -0.153. The number of aliphatic hydroxyl groups excluding tert-OH is 2. The Morgan fingerprint density at radius 1 is 1.26 bits per heavy atom. The molecular weight excluding hydrogens is 455 g/mol. The van der Waals surface area contributed by atoms with Crippen molar-refractivity contribution in [3.8, 4) is 6.07 Å². The van der Waals surface area contributed by atoms with E-state index in [1.54, 1.807) is 19.2 Å². The van der Waals surface area contributed by atoms with E-state index in [1.165, 1.54) is 17.0 Å². The van der Waals surface area contributed by atoms with Crippen molar-refractivity contribution in [1.82, 2.24) is 20.2 Å². The molecule has 35 heavy (non-hydrogen) atoms. The van der Waals surface area contributed by atoms with E-state index in [4.69, 9.17) is 0 Å². The molecule has 3 heterocycles. The molecule has 2 aliphatic rings. The summed E-state index contributed by atoms with van der Waals surface area (Å²) in [6.45, 7) is 3.67. The van der Waals surface area contributed by atoms with Crippen LogP contribution in [0.3, 0.4) is 0 Å². The van der Waals surface area contributed by atoms with Crippen LogP contribution in [0.1, 0.15) is 35.5 Å². The van der Waals surface area contributed by atoms with Crippen LogP contribution in [0.4, 0.5) is 10.1 Å². The average molecular weight is 483 g/mol. The third-order valence-corrected chi connectivity index (χ3v) is 6.51. The molecule has 184 valence electrons. The second-order valence-corrected chi connectivity index (χ2v) is 8.92. The summed E-state index contributed by atoms with van der Waals surface area (Å²) in [6.07, 6.45) is -0.720. The number of amides is 2. The van der Waals surface area contributed by atoms with Gasteiger partial charge in [0.15, 0.2) is 12.2 Å². The molecule has 0 radical (unpaired) electrons. The Morgan fingerprint density at radius 2 is 2.00 bits per heavy atom. The first-order valence-corrected chi connectivity index (χ1v) is 11.5. The molecule has 11 heteroatoms. The van der Waals surface area contributed by atoms with Gasteiger partial charge in [-0.25, -0.2) is 14.4 Å². The number of nitrogens with zero attached hydrogens (tertiary/aromatic N) is 5. The van der Waals surface area contributed by atoms with Crippen LogP contribution >= 0.6 is 0 Å². The van der Waals surface area contributed by atoms with Crippen molar-refractivity contribution in [2.24, 2.45) is 5.92 Å². The maximum atomic E-state index is 13.4. The molecule has 2 aromatic rings. The maximum absolute atomic E-state index is 13.4. The van der Waals surface area contributed by atoms with E-state index in [0.29, 0.717) is 43.1 Å². The molecule has 1 aromatic heterocycles. The fourth-order valence-corrected chi connectivity index (χ4v) is 4.48. The number of halogens is 1. The maximum Gasteiger partial charge on any atom is 0.255 e. The van der Waals surface area contributed by atoms with E-state index in [2.05, 4.69) is 15.3 Å². The van der Waals surface area contributed by atoms with Crippen molar-refractivity contribution in [3.63, 3.8) is 0 Å². The SMILES string of the molecule is Cc1ncc2c(n1)CN(C(=O)[C@H](O)[C@@H](O)C(=O)NCC1CCN(c3ccc(F)cc3C#N)CC1)C2. The number of carbonyl (C=O) groups excluding carboxylic acids is 2. The zero-order valence-corrected chi connectivity index (χ0v) is 19.3. The van der Waals surface area contributed by atoms with E-state index in [-0.39, 0.29) is 31.1 Å². The number of piperidine rings is 1. The van der Waals surface area contributed by atoms with Crippen LogP contribution in [0, 0.1) is 30.0 Å². The van der Waals surface area contributed by atoms with Crippen LogP contribution in [0.25, 0.3) is 0 Å². The van der Waals surface area contributed by atoms with Gasteiger partial charge < -0.3 is 25.3 Å². The van der Waals surface area contributed by atoms with Gasteiger partial charge in [0.2, 0.25) is 0 Å². The summed E-state index contributed by atoms with van der Waals surface area (Å²) in [7, 11) is 0. The molecule has 0 spiro atoms. The number of nitriles is 1. The number of aliphatic hydroxyl groups is 2. The molecule has 10 nitrogen and oxygen atoms in total. The van der Waals surface area contributed by atoms with E-state index in [0.717, 1.165) is 5.56 Å². The van der Waals surface area contributed by atoms with Crippen molar-refractivity contribution < 1.29 is 24.2 Å². The quantitative estimate of drug-likeness (QED) is 0.537. The number of fused-ring (bicyclic) bond motifs is 1. The first kappa shape index (κ1) is 24.5. The number of carbonyl (C=O) groups is 2. The topological polar surface area (TPSA) is 143 Å². The Morgan fingerprint density at radius 3 is 2.71 bits per heavy atom. The van der Waals surface area contributed by atoms with Crippen molar-refractivity contribution in [2.75, 3.05) is 24.5 Å². The van der Waals surface area contributed by atoms with Gasteiger partial charge in [0.05, 0.1) is 23.5 Å². The van der Waals surface area contributed by atoms with Gasteiger partial charge in [-0.05, 0) is 43.9 Å². The molecule has 2 atom stereocenters. The normalized spacial score (nSPS) is 17.5. The van der Waals surface area contributed by atoms with Crippen LogP contribution in [0.2, 0.25) is 0 Å². The van der Waals surface area contributed by atoms with Crippen molar-refractivity contribution in [2.45, 2.75) is 45.1 Å². The summed E-state index contributed by atoms with van der Waals surface area (Å²) in [5.41, 5.74) is 2.41. The Kier molecular flexibility index (Phi) is 7.23. The Labute approximate surface area is 202 Å². The molecule has 0 bridgehead atoms. The smallest absolute Gasteiger partial charge is 0.255 e. The number of rotatable bonds is 6. The summed E-state index contributed by atoms with van der Waals surface area (Å²) in [5, 5.41) is 32.5. The molecule has 1 saturated heterocycles. The summed E-state index contributed by atoms with van der Waals surface area (Å²) in [4.78, 5) is 36.8. The van der Waals surface area contributed by atoms with Gasteiger partial charge in [-0.15, -0.1) is 0 Å². The molecule has 3 N–H and O–H groups in total. The van der Waals surface area contributed by atoms with Crippen molar-refractivity contribution >= 4 is 17.5 Å². The molecule has 4 rings (SSSR count). The summed E-state index contributed by atoms with van der Waals surface area (Å²) >= 11 is 0. The van der Waals surface area contributed by atoms with Crippen LogP contribution in [0.5, 0.6) is 0 Å². The molecule has 0 aliphatic carbocycles. The highest BCUT2D eigenvalue weighted by molar-refractivity contribution is 5.90. The highest BCUT2D eigenvalue weighted by Crippen LogP contribution is 2.27. The minimum atomic E-state index is -1.89. The fraction of sp³-hybridized carbons (Fsp3) is 0.458. The number of aromatic nitrogens is 2. The van der Waals surface area contributed by atoms with Crippen molar-refractivity contribution in [3.05, 3.63) is 52.9 Å². The summed E-state index contributed by atoms with van der Waals surface area (Å²) in [6, 6.07) is 6.15. The van der Waals surface area contributed by atoms with E-state index in [1.807, 2.05) is 11.0 Å². The Bertz CT molecular complexity index is 1160. The molecule has 2 amide bonds. The van der Waals surface area contributed by atoms with Crippen LogP contribution in [-0.4, -0.2) is 68.7 Å². The van der Waals surface area contributed by atoms with Gasteiger partial charge in [-0.2, -0.15) is 5.26 Å². The predicted molar refractivity (Wildman–Crippen MR) is 122 cm³/mol. The predicted octanol–water partition coefficient (Wildman–Crippen LogP) is 0.393. The Hall–Kier alpha value is -3.62. The minimum absolute atomic E-state index is 0.121. The molecular formula is C24H27FN6O4. The number of hydrogen-bond acceptors (Lipinski definition) is 8. The molecule has 1 aromatic carbocycles. The lowest BCUT2D eigenvalue weighted by Crippen LogP contribution is -2.50. The number of benzene rings is 1. The van der Waals surface area contributed by atoms with Crippen LogP contribution in [0.15, 0.2) is 24.4 Å². The number of hydrogen-bond donors (Lipinski definition) is 3. The first-order valence-electron chi connectivity index (χ1n) is 11.5. The molecule has 1 fully saturated rings. The van der Waals surface area contributed by atoms with Gasteiger partial charge in [0.25, 0.3) is 11.8 Å². The zero-order chi connectivity index (χ0) is 25.1. The van der Waals surface area contributed by atoms with Crippen molar-refractivity contribution in [1.29, 1.82) is 5.26 Å². The lowest BCUT2D eigenvalue weighted by atomic mass is 9.95. The number of anilines is 1. The summed E-state index contributed by atoms with van der Waals surface area (Å²) in [5.74, 6) is -1.32. The van der Waals surface area contributed by atoms with Crippen LogP contribution < -0.4 is 10.2 Å². The fourth-order valence-electron chi connectivity index (χ4n) is 4.48. The summed E-state index contributed by atoms with van der Waals surface area (Å²) < 4.78 is 13.4. The third-order valence-electron chi connectivity index (χ3n) is 6.51. The van der Waals surface area contributed by atoms with Gasteiger partial charge in [0, 0.05) is 37.9 Å². The van der Waals surface area contributed by atoms with Gasteiger partial charge in [-0.3, -0.25) is 9.59 Å². The molecule has 0 unspecified atom stereocenters. The van der Waals surface area contributed by atoms with Gasteiger partial charge >= 0.3 is 0 Å². The molecule has 0 saturated carbocycles.